The maximum Gasteiger partial charge on any atom is 0.290 e. The van der Waals surface area contributed by atoms with Gasteiger partial charge >= 0.3 is 0 Å². The van der Waals surface area contributed by atoms with Gasteiger partial charge in [0.2, 0.25) is 5.78 Å². The molecule has 0 saturated carbocycles. The zero-order chi connectivity index (χ0) is 22.9. The number of amides is 1. The second-order valence-corrected chi connectivity index (χ2v) is 7.71. The Hall–Kier alpha value is -4.39. The molecule has 1 unspecified atom stereocenters. The van der Waals surface area contributed by atoms with Crippen LogP contribution in [0.4, 0.5) is 0 Å². The number of aliphatic hydroxyl groups is 1. The molecular formula is C26H20N2O5. The lowest BCUT2D eigenvalue weighted by atomic mass is 9.94. The number of ether oxygens (including phenoxy) is 1. The fourth-order valence-corrected chi connectivity index (χ4v) is 4.12. The summed E-state index contributed by atoms with van der Waals surface area (Å²) in [6, 6.07) is 18.7. The number of Topliss-reactive ketones (excluding diaryl/α,β-unsaturated/α-hetero) is 1. The monoisotopic (exact) mass is 440 g/mol. The molecule has 2 aromatic carbocycles. The fourth-order valence-electron chi connectivity index (χ4n) is 4.12. The Labute approximate surface area is 189 Å². The number of nitrogens with zero attached hydrogens (tertiary/aromatic N) is 2. The zero-order valence-electron chi connectivity index (χ0n) is 17.8. The number of methoxy groups -OCH3 is 1. The molecule has 2 aromatic heterocycles. The van der Waals surface area contributed by atoms with E-state index in [1.54, 1.807) is 68.0 Å². The summed E-state index contributed by atoms with van der Waals surface area (Å²) >= 11 is 0. The van der Waals surface area contributed by atoms with Crippen LogP contribution in [-0.2, 0) is 11.3 Å². The quantitative estimate of drug-likeness (QED) is 0.440. The van der Waals surface area contributed by atoms with E-state index >= 15 is 0 Å². The second kappa shape index (κ2) is 8.27. The highest BCUT2D eigenvalue weighted by atomic mass is 16.5. The van der Waals surface area contributed by atoms with Gasteiger partial charge in [0, 0.05) is 24.3 Å². The third kappa shape index (κ3) is 3.63. The van der Waals surface area contributed by atoms with Crippen molar-refractivity contribution >= 4 is 22.7 Å². The lowest BCUT2D eigenvalue weighted by Crippen LogP contribution is -2.30. The summed E-state index contributed by atoms with van der Waals surface area (Å²) in [5.41, 5.74) is 1.98. The van der Waals surface area contributed by atoms with Crippen LogP contribution < -0.4 is 4.74 Å². The Morgan fingerprint density at radius 2 is 1.88 bits per heavy atom. The maximum absolute atomic E-state index is 13.6. The Kier molecular flexibility index (Phi) is 5.14. The van der Waals surface area contributed by atoms with Crippen LogP contribution in [0, 0.1) is 0 Å². The summed E-state index contributed by atoms with van der Waals surface area (Å²) in [5, 5.41) is 11.6. The number of ketones is 1. The van der Waals surface area contributed by atoms with Crippen LogP contribution in [0.2, 0.25) is 0 Å². The number of hydrogen-bond donors (Lipinski definition) is 1. The highest BCUT2D eigenvalue weighted by molar-refractivity contribution is 6.16. The van der Waals surface area contributed by atoms with Gasteiger partial charge in [0.1, 0.15) is 11.3 Å². The summed E-state index contributed by atoms with van der Waals surface area (Å²) < 4.78 is 11.1. The van der Waals surface area contributed by atoms with E-state index in [4.69, 9.17) is 9.15 Å². The number of furan rings is 1. The van der Waals surface area contributed by atoms with Crippen molar-refractivity contribution < 1.29 is 23.8 Å². The number of pyridine rings is 1. The van der Waals surface area contributed by atoms with Gasteiger partial charge in [-0.15, -0.1) is 0 Å². The molecule has 33 heavy (non-hydrogen) atoms. The molecule has 1 aliphatic rings. The number of para-hydroxylation sites is 1. The number of hydrogen-bond acceptors (Lipinski definition) is 6. The third-order valence-corrected chi connectivity index (χ3v) is 5.71. The number of carbonyl (C=O) groups is 2. The van der Waals surface area contributed by atoms with Crippen molar-refractivity contribution in [3.05, 3.63) is 107 Å². The highest BCUT2D eigenvalue weighted by Crippen LogP contribution is 2.41. The van der Waals surface area contributed by atoms with Crippen molar-refractivity contribution in [2.45, 2.75) is 12.6 Å². The number of rotatable bonds is 6. The van der Waals surface area contributed by atoms with Gasteiger partial charge in [-0.25, -0.2) is 0 Å². The molecule has 0 saturated heterocycles. The van der Waals surface area contributed by atoms with Crippen molar-refractivity contribution in [1.82, 2.24) is 9.88 Å². The van der Waals surface area contributed by atoms with Crippen molar-refractivity contribution in [2.24, 2.45) is 0 Å². The van der Waals surface area contributed by atoms with Crippen molar-refractivity contribution in [3.63, 3.8) is 0 Å². The molecule has 1 N–H and O–H groups in total. The SMILES string of the molecule is COc1cccc(C2C(C(=O)c3cc4ccccc4o3)=C(O)C(=O)N2Cc2ccncc2)c1. The molecule has 0 fully saturated rings. The van der Waals surface area contributed by atoms with Gasteiger partial charge in [0.15, 0.2) is 11.5 Å². The average molecular weight is 440 g/mol. The third-order valence-electron chi connectivity index (χ3n) is 5.71. The number of aromatic nitrogens is 1. The lowest BCUT2D eigenvalue weighted by Gasteiger charge is -2.27. The predicted molar refractivity (Wildman–Crippen MR) is 121 cm³/mol. The van der Waals surface area contributed by atoms with Gasteiger partial charge in [-0.1, -0.05) is 30.3 Å². The van der Waals surface area contributed by atoms with E-state index in [1.807, 2.05) is 18.2 Å². The van der Waals surface area contributed by atoms with Crippen molar-refractivity contribution in [1.29, 1.82) is 0 Å². The van der Waals surface area contributed by atoms with E-state index in [0.717, 1.165) is 10.9 Å². The molecule has 1 aliphatic heterocycles. The van der Waals surface area contributed by atoms with Gasteiger partial charge in [-0.2, -0.15) is 0 Å². The van der Waals surface area contributed by atoms with Crippen LogP contribution in [0.3, 0.4) is 0 Å². The van der Waals surface area contributed by atoms with Crippen molar-refractivity contribution in [2.75, 3.05) is 7.11 Å². The molecule has 1 atom stereocenters. The molecule has 1 amide bonds. The van der Waals surface area contributed by atoms with Gasteiger partial charge < -0.3 is 19.2 Å². The molecular weight excluding hydrogens is 420 g/mol. The molecule has 5 rings (SSSR count). The minimum Gasteiger partial charge on any atom is -0.503 e. The van der Waals surface area contributed by atoms with E-state index in [1.165, 1.54) is 4.90 Å². The molecule has 7 nitrogen and oxygen atoms in total. The van der Waals surface area contributed by atoms with E-state index in [0.29, 0.717) is 16.9 Å². The summed E-state index contributed by atoms with van der Waals surface area (Å²) in [7, 11) is 1.54. The number of fused-ring (bicyclic) bond motifs is 1. The first-order chi connectivity index (χ1) is 16.1. The fraction of sp³-hybridized carbons (Fsp3) is 0.115. The van der Waals surface area contributed by atoms with E-state index in [9.17, 15) is 14.7 Å². The van der Waals surface area contributed by atoms with Crippen LogP contribution in [0.25, 0.3) is 11.0 Å². The molecule has 164 valence electrons. The van der Waals surface area contributed by atoms with Gasteiger partial charge in [0.05, 0.1) is 18.7 Å². The topological polar surface area (TPSA) is 92.9 Å². The number of carbonyl (C=O) groups excluding carboxylic acids is 2. The Bertz CT molecular complexity index is 1360. The number of benzene rings is 2. The van der Waals surface area contributed by atoms with Gasteiger partial charge in [-0.05, 0) is 47.5 Å². The van der Waals surface area contributed by atoms with Gasteiger partial charge in [0.25, 0.3) is 5.91 Å². The minimum absolute atomic E-state index is 0.0265. The van der Waals surface area contributed by atoms with E-state index in [2.05, 4.69) is 4.98 Å². The normalized spacial score (nSPS) is 16.0. The highest BCUT2D eigenvalue weighted by Gasteiger charge is 2.44. The first kappa shape index (κ1) is 20.5. The molecule has 4 aromatic rings. The summed E-state index contributed by atoms with van der Waals surface area (Å²) in [6.45, 7) is 0.185. The van der Waals surface area contributed by atoms with Crippen LogP contribution in [0.1, 0.15) is 27.7 Å². The summed E-state index contributed by atoms with van der Waals surface area (Å²) in [4.78, 5) is 32.2. The molecule has 0 bridgehead atoms. The maximum atomic E-state index is 13.6. The Balaban J connectivity index is 1.61. The first-order valence-electron chi connectivity index (χ1n) is 10.4. The van der Waals surface area contributed by atoms with Crippen LogP contribution in [0.5, 0.6) is 5.75 Å². The average Bonchev–Trinajstić information content (AvgIpc) is 3.39. The largest absolute Gasteiger partial charge is 0.503 e. The Morgan fingerprint density at radius 1 is 1.09 bits per heavy atom. The first-order valence-corrected chi connectivity index (χ1v) is 10.4. The summed E-state index contributed by atoms with van der Waals surface area (Å²) in [6.07, 6.45) is 3.26. The predicted octanol–water partition coefficient (Wildman–Crippen LogP) is 4.61. The van der Waals surface area contributed by atoms with E-state index in [-0.39, 0.29) is 17.9 Å². The van der Waals surface area contributed by atoms with Crippen LogP contribution >= 0.6 is 0 Å². The van der Waals surface area contributed by atoms with Crippen molar-refractivity contribution in [3.8, 4) is 5.75 Å². The molecule has 7 heteroatoms. The molecule has 3 heterocycles. The van der Waals surface area contributed by atoms with E-state index < -0.39 is 23.5 Å². The van der Waals surface area contributed by atoms with Crippen LogP contribution in [0.15, 0.2) is 94.9 Å². The zero-order valence-corrected chi connectivity index (χ0v) is 17.8. The molecule has 0 radical (unpaired) electrons. The number of aliphatic hydroxyl groups excluding tert-OH is 1. The van der Waals surface area contributed by atoms with Gasteiger partial charge in [-0.3, -0.25) is 14.6 Å². The smallest absolute Gasteiger partial charge is 0.290 e. The minimum atomic E-state index is -0.818. The summed E-state index contributed by atoms with van der Waals surface area (Å²) in [5.74, 6) is -1.11. The second-order valence-electron chi connectivity index (χ2n) is 7.71. The molecule has 0 spiro atoms. The van der Waals surface area contributed by atoms with Crippen LogP contribution in [-0.4, -0.2) is 33.8 Å². The lowest BCUT2D eigenvalue weighted by molar-refractivity contribution is -0.130. The Morgan fingerprint density at radius 3 is 2.64 bits per heavy atom. The molecule has 0 aliphatic carbocycles. The standard InChI is InChI=1S/C26H20N2O5/c1-32-19-7-4-6-18(13-19)23-22(24(29)21-14-17-5-2-3-8-20(17)33-21)25(30)26(31)28(23)15-16-9-11-27-12-10-16/h2-14,23,30H,15H2,1H3.